The molecule has 0 heterocycles. The van der Waals surface area contributed by atoms with Crippen LogP contribution in [0.25, 0.3) is 0 Å². The number of rotatable bonds is 6. The van der Waals surface area contributed by atoms with Gasteiger partial charge in [-0.25, -0.2) is 0 Å². The first kappa shape index (κ1) is 12.5. The highest BCUT2D eigenvalue weighted by Crippen LogP contribution is 2.04. The van der Waals surface area contributed by atoms with Crippen molar-refractivity contribution in [1.82, 2.24) is 5.32 Å². The zero-order valence-corrected chi connectivity index (χ0v) is 9.53. The third-order valence-electron chi connectivity index (χ3n) is 2.13. The van der Waals surface area contributed by atoms with Crippen LogP contribution in [0.2, 0.25) is 0 Å². The Morgan fingerprint density at radius 1 is 1.38 bits per heavy atom. The second-order valence-corrected chi connectivity index (χ2v) is 3.43. The Hall–Kier alpha value is -1.55. The summed E-state index contributed by atoms with van der Waals surface area (Å²) in [6.45, 7) is 3.97. The van der Waals surface area contributed by atoms with Crippen molar-refractivity contribution in [2.24, 2.45) is 0 Å². The van der Waals surface area contributed by atoms with Crippen LogP contribution in [0.1, 0.15) is 23.7 Å². The predicted molar refractivity (Wildman–Crippen MR) is 64.3 cm³/mol. The molecule has 0 aliphatic carbocycles. The summed E-state index contributed by atoms with van der Waals surface area (Å²) in [5.74, 6) is -0.0727. The fraction of sp³-hybridized carbons (Fsp3) is 0.417. The van der Waals surface area contributed by atoms with Crippen molar-refractivity contribution in [2.45, 2.75) is 13.3 Å². The van der Waals surface area contributed by atoms with Gasteiger partial charge in [0.05, 0.1) is 0 Å². The number of hydrogen-bond donors (Lipinski definition) is 2. The second-order valence-electron chi connectivity index (χ2n) is 3.43. The molecule has 16 heavy (non-hydrogen) atoms. The molecule has 0 aromatic heterocycles. The Morgan fingerprint density at radius 3 is 2.69 bits per heavy atom. The molecule has 3 N–H and O–H groups in total. The van der Waals surface area contributed by atoms with E-state index in [9.17, 15) is 4.79 Å². The maximum Gasteiger partial charge on any atom is 0.251 e. The number of ether oxygens (including phenoxy) is 1. The molecule has 4 nitrogen and oxygen atoms in total. The number of anilines is 1. The van der Waals surface area contributed by atoms with Gasteiger partial charge in [0.2, 0.25) is 0 Å². The number of nitrogens with one attached hydrogen (secondary N) is 1. The number of benzene rings is 1. The Bertz CT molecular complexity index is 322. The SMILES string of the molecule is CCOCCCNC(=O)c1ccc(N)cc1. The van der Waals surface area contributed by atoms with Crippen LogP contribution >= 0.6 is 0 Å². The summed E-state index contributed by atoms with van der Waals surface area (Å²) in [7, 11) is 0. The predicted octanol–water partition coefficient (Wildman–Crippen LogP) is 1.43. The van der Waals surface area contributed by atoms with Gasteiger partial charge in [0.15, 0.2) is 0 Å². The van der Waals surface area contributed by atoms with Gasteiger partial charge in [-0.2, -0.15) is 0 Å². The number of nitrogen functional groups attached to an aromatic ring is 1. The lowest BCUT2D eigenvalue weighted by atomic mass is 10.2. The minimum atomic E-state index is -0.0727. The van der Waals surface area contributed by atoms with Crippen LogP contribution in [0.3, 0.4) is 0 Å². The van der Waals surface area contributed by atoms with Crippen molar-refractivity contribution in [3.05, 3.63) is 29.8 Å². The standard InChI is InChI=1S/C12H18N2O2/c1-2-16-9-3-8-14-12(15)10-4-6-11(13)7-5-10/h4-7H,2-3,8-9,13H2,1H3,(H,14,15). The van der Waals surface area contributed by atoms with E-state index in [0.29, 0.717) is 31.0 Å². The van der Waals surface area contributed by atoms with Crippen LogP contribution in [0.4, 0.5) is 5.69 Å². The van der Waals surface area contributed by atoms with Gasteiger partial charge in [-0.05, 0) is 37.6 Å². The topological polar surface area (TPSA) is 64.3 Å². The molecule has 0 aliphatic heterocycles. The van der Waals surface area contributed by atoms with Crippen LogP contribution in [-0.2, 0) is 4.74 Å². The van der Waals surface area contributed by atoms with Crippen molar-refractivity contribution >= 4 is 11.6 Å². The maximum atomic E-state index is 11.6. The molecule has 1 aromatic rings. The monoisotopic (exact) mass is 222 g/mol. The number of hydrogen-bond acceptors (Lipinski definition) is 3. The fourth-order valence-corrected chi connectivity index (χ4v) is 1.26. The molecule has 0 aliphatic rings. The summed E-state index contributed by atoms with van der Waals surface area (Å²) >= 11 is 0. The normalized spacial score (nSPS) is 10.1. The largest absolute Gasteiger partial charge is 0.399 e. The number of amides is 1. The van der Waals surface area contributed by atoms with E-state index < -0.39 is 0 Å². The first-order valence-corrected chi connectivity index (χ1v) is 5.45. The number of carbonyl (C=O) groups is 1. The minimum absolute atomic E-state index is 0.0727. The van der Waals surface area contributed by atoms with E-state index in [1.807, 2.05) is 6.92 Å². The Labute approximate surface area is 95.8 Å². The highest BCUT2D eigenvalue weighted by molar-refractivity contribution is 5.94. The van der Waals surface area contributed by atoms with Crippen LogP contribution < -0.4 is 11.1 Å². The van der Waals surface area contributed by atoms with Crippen molar-refractivity contribution in [2.75, 3.05) is 25.5 Å². The van der Waals surface area contributed by atoms with Gasteiger partial charge in [0, 0.05) is 31.0 Å². The summed E-state index contributed by atoms with van der Waals surface area (Å²) in [4.78, 5) is 11.6. The zero-order chi connectivity index (χ0) is 11.8. The van der Waals surface area contributed by atoms with E-state index in [4.69, 9.17) is 10.5 Å². The summed E-state index contributed by atoms with van der Waals surface area (Å²) in [6, 6.07) is 6.87. The fourth-order valence-electron chi connectivity index (χ4n) is 1.26. The molecule has 4 heteroatoms. The Balaban J connectivity index is 2.27. The summed E-state index contributed by atoms with van der Waals surface area (Å²) < 4.78 is 5.17. The van der Waals surface area contributed by atoms with E-state index in [1.165, 1.54) is 0 Å². The minimum Gasteiger partial charge on any atom is -0.399 e. The average molecular weight is 222 g/mol. The van der Waals surface area contributed by atoms with Crippen molar-refractivity contribution in [3.8, 4) is 0 Å². The lowest BCUT2D eigenvalue weighted by Gasteiger charge is -2.05. The molecule has 0 saturated heterocycles. The van der Waals surface area contributed by atoms with Gasteiger partial charge < -0.3 is 15.8 Å². The first-order chi connectivity index (χ1) is 7.74. The molecule has 0 atom stereocenters. The van der Waals surface area contributed by atoms with Gasteiger partial charge >= 0.3 is 0 Å². The lowest BCUT2D eigenvalue weighted by molar-refractivity contribution is 0.0944. The van der Waals surface area contributed by atoms with Crippen molar-refractivity contribution < 1.29 is 9.53 Å². The molecular formula is C12H18N2O2. The van der Waals surface area contributed by atoms with Gasteiger partial charge in [-0.1, -0.05) is 0 Å². The number of nitrogens with two attached hydrogens (primary N) is 1. The molecule has 0 radical (unpaired) electrons. The van der Waals surface area contributed by atoms with Gasteiger partial charge in [0.1, 0.15) is 0 Å². The molecular weight excluding hydrogens is 204 g/mol. The van der Waals surface area contributed by atoms with Crippen LogP contribution in [-0.4, -0.2) is 25.7 Å². The van der Waals surface area contributed by atoms with Crippen molar-refractivity contribution in [1.29, 1.82) is 0 Å². The van der Waals surface area contributed by atoms with Crippen LogP contribution in [0, 0.1) is 0 Å². The molecule has 0 fully saturated rings. The van der Waals surface area contributed by atoms with E-state index in [1.54, 1.807) is 24.3 Å². The van der Waals surface area contributed by atoms with E-state index in [2.05, 4.69) is 5.32 Å². The number of carbonyl (C=O) groups excluding carboxylic acids is 1. The third-order valence-corrected chi connectivity index (χ3v) is 2.13. The quantitative estimate of drug-likeness (QED) is 0.565. The van der Waals surface area contributed by atoms with Gasteiger partial charge in [-0.3, -0.25) is 4.79 Å². The lowest BCUT2D eigenvalue weighted by Crippen LogP contribution is -2.25. The molecule has 1 amide bonds. The van der Waals surface area contributed by atoms with E-state index in [-0.39, 0.29) is 5.91 Å². The third kappa shape index (κ3) is 4.31. The molecule has 0 spiro atoms. The molecule has 1 rings (SSSR count). The second kappa shape index (κ2) is 6.85. The summed E-state index contributed by atoms with van der Waals surface area (Å²) in [6.07, 6.45) is 0.828. The summed E-state index contributed by atoms with van der Waals surface area (Å²) in [5, 5.41) is 2.82. The summed E-state index contributed by atoms with van der Waals surface area (Å²) in [5.41, 5.74) is 6.82. The van der Waals surface area contributed by atoms with Gasteiger partial charge in [0.25, 0.3) is 5.91 Å². The van der Waals surface area contributed by atoms with E-state index >= 15 is 0 Å². The van der Waals surface area contributed by atoms with Crippen molar-refractivity contribution in [3.63, 3.8) is 0 Å². The molecule has 0 saturated carbocycles. The molecule has 0 unspecified atom stereocenters. The smallest absolute Gasteiger partial charge is 0.251 e. The Kier molecular flexibility index (Phi) is 5.36. The van der Waals surface area contributed by atoms with Crippen LogP contribution in [0.5, 0.6) is 0 Å². The zero-order valence-electron chi connectivity index (χ0n) is 9.53. The Morgan fingerprint density at radius 2 is 2.06 bits per heavy atom. The first-order valence-electron chi connectivity index (χ1n) is 5.45. The molecule has 0 bridgehead atoms. The highest BCUT2D eigenvalue weighted by atomic mass is 16.5. The molecule has 88 valence electrons. The highest BCUT2D eigenvalue weighted by Gasteiger charge is 2.03. The molecule has 1 aromatic carbocycles. The van der Waals surface area contributed by atoms with E-state index in [0.717, 1.165) is 6.42 Å². The maximum absolute atomic E-state index is 11.6. The van der Waals surface area contributed by atoms with Gasteiger partial charge in [-0.15, -0.1) is 0 Å². The average Bonchev–Trinajstić information content (AvgIpc) is 2.29. The van der Waals surface area contributed by atoms with Crippen LogP contribution in [0.15, 0.2) is 24.3 Å².